The van der Waals surface area contributed by atoms with E-state index in [2.05, 4.69) is 0 Å². The lowest BCUT2D eigenvalue weighted by molar-refractivity contribution is -0.907. The maximum Gasteiger partial charge on any atom is 0.274 e. The topological polar surface area (TPSA) is 133 Å². The molecule has 0 unspecified atom stereocenters. The van der Waals surface area contributed by atoms with E-state index in [1.165, 1.54) is 12.1 Å². The number of nitro groups is 3. The molecule has 10 nitrogen and oxygen atoms in total. The monoisotopic (exact) mass is 290 g/mol. The van der Waals surface area contributed by atoms with Gasteiger partial charge in [0.1, 0.15) is 0 Å². The molecule has 1 rings (SSSR count). The van der Waals surface area contributed by atoms with Gasteiger partial charge in [0, 0.05) is 23.1 Å². The minimum absolute atomic E-state index is 0.128. The van der Waals surface area contributed by atoms with Gasteiger partial charge in [-0.1, -0.05) is 17.7 Å². The molecule has 19 heavy (non-hydrogen) atoms. The highest BCUT2D eigenvalue weighted by molar-refractivity contribution is 6.30. The Balaban J connectivity index is 2.91. The summed E-state index contributed by atoms with van der Waals surface area (Å²) in [6.07, 6.45) is -0.227. The molecule has 1 aromatic rings. The van der Waals surface area contributed by atoms with Crippen LogP contribution >= 0.6 is 11.6 Å². The van der Waals surface area contributed by atoms with Gasteiger partial charge in [-0.15, -0.1) is 0 Å². The Morgan fingerprint density at radius 2 is 1.68 bits per heavy atom. The maximum atomic E-state index is 10.8. The van der Waals surface area contributed by atoms with Crippen molar-refractivity contribution in [2.24, 2.45) is 0 Å². The zero-order valence-corrected chi connectivity index (χ0v) is 10.0. The largest absolute Gasteiger partial charge is 0.274 e. The Labute approximate surface area is 110 Å². The van der Waals surface area contributed by atoms with E-state index in [0.29, 0.717) is 0 Å². The van der Waals surface area contributed by atoms with Gasteiger partial charge in [0.2, 0.25) is 10.1 Å². The SMILES string of the molecule is O=[N+]([O-])c1cc(Cl)ccc1CCN([N+](=O)[O-])[N+](=O)[O-]. The number of nitro benzene ring substituents is 1. The van der Waals surface area contributed by atoms with Crippen molar-refractivity contribution < 1.29 is 15.0 Å². The predicted molar refractivity (Wildman–Crippen MR) is 62.5 cm³/mol. The van der Waals surface area contributed by atoms with Crippen LogP contribution in [0.5, 0.6) is 0 Å². The number of nitrogens with zero attached hydrogens (tertiary/aromatic N) is 4. The fourth-order valence-corrected chi connectivity index (χ4v) is 1.53. The summed E-state index contributed by atoms with van der Waals surface area (Å²) in [5, 5.41) is 29.0. The van der Waals surface area contributed by atoms with Gasteiger partial charge >= 0.3 is 0 Å². The molecule has 0 radical (unpaired) electrons. The first-order valence-electron chi connectivity index (χ1n) is 4.82. The van der Waals surface area contributed by atoms with Crippen molar-refractivity contribution in [3.8, 4) is 0 Å². The van der Waals surface area contributed by atoms with Crippen LogP contribution in [0.3, 0.4) is 0 Å². The van der Waals surface area contributed by atoms with Gasteiger partial charge < -0.3 is 0 Å². The number of benzene rings is 1. The molecule has 0 aliphatic heterocycles. The Kier molecular flexibility index (Phi) is 4.53. The van der Waals surface area contributed by atoms with Crippen molar-refractivity contribution in [2.45, 2.75) is 6.42 Å². The van der Waals surface area contributed by atoms with E-state index < -0.39 is 21.5 Å². The summed E-state index contributed by atoms with van der Waals surface area (Å²) in [6.45, 7) is -0.595. The summed E-state index contributed by atoms with van der Waals surface area (Å²) in [5.74, 6) is 0. The van der Waals surface area contributed by atoms with E-state index in [0.717, 1.165) is 6.07 Å². The second-order valence-electron chi connectivity index (χ2n) is 3.35. The highest BCUT2D eigenvalue weighted by atomic mass is 35.5. The molecule has 11 heteroatoms. The smallest absolute Gasteiger partial charge is 0.258 e. The van der Waals surface area contributed by atoms with Crippen LogP contribution in [0.2, 0.25) is 5.02 Å². The second-order valence-corrected chi connectivity index (χ2v) is 3.79. The summed E-state index contributed by atoms with van der Waals surface area (Å²) in [6, 6.07) is 3.75. The summed E-state index contributed by atoms with van der Waals surface area (Å²) >= 11 is 5.59. The summed E-state index contributed by atoms with van der Waals surface area (Å²) < 4.78 is 0. The minimum atomic E-state index is -1.19. The van der Waals surface area contributed by atoms with Crippen molar-refractivity contribution in [1.82, 2.24) is 5.12 Å². The molecule has 0 N–H and O–H groups in total. The fourth-order valence-electron chi connectivity index (χ4n) is 1.36. The van der Waals surface area contributed by atoms with Crippen LogP contribution in [0, 0.1) is 30.3 Å². The molecule has 0 aromatic heterocycles. The third-order valence-corrected chi connectivity index (χ3v) is 2.44. The molecule has 0 spiro atoms. The first-order valence-corrected chi connectivity index (χ1v) is 5.19. The first kappa shape index (κ1) is 14.6. The van der Waals surface area contributed by atoms with Gasteiger partial charge in [0.25, 0.3) is 5.69 Å². The number of hydrazine groups is 2. The van der Waals surface area contributed by atoms with Crippen LogP contribution < -0.4 is 0 Å². The molecule has 1 aromatic carbocycles. The summed E-state index contributed by atoms with van der Waals surface area (Å²) in [5.41, 5.74) is -0.206. The van der Waals surface area contributed by atoms with Crippen molar-refractivity contribution >= 4 is 17.3 Å². The predicted octanol–water partition coefficient (Wildman–Crippen LogP) is 1.48. The molecule has 0 bridgehead atoms. The Morgan fingerprint density at radius 3 is 2.16 bits per heavy atom. The second kappa shape index (κ2) is 5.91. The van der Waals surface area contributed by atoms with Crippen molar-refractivity contribution in [2.75, 3.05) is 6.54 Å². The molecule has 0 atom stereocenters. The number of halogens is 1. The van der Waals surface area contributed by atoms with Gasteiger partial charge in [-0.3, -0.25) is 10.1 Å². The van der Waals surface area contributed by atoms with E-state index in [1.807, 2.05) is 0 Å². The van der Waals surface area contributed by atoms with Crippen molar-refractivity contribution in [3.05, 3.63) is 59.1 Å². The summed E-state index contributed by atoms with van der Waals surface area (Å²) in [4.78, 5) is 30.8. The third kappa shape index (κ3) is 3.74. The Morgan fingerprint density at radius 1 is 1.11 bits per heavy atom. The molecule has 0 fully saturated rings. The van der Waals surface area contributed by atoms with Crippen LogP contribution in [0.25, 0.3) is 0 Å². The van der Waals surface area contributed by atoms with Gasteiger partial charge in [0.05, 0.1) is 4.92 Å². The van der Waals surface area contributed by atoms with E-state index in [4.69, 9.17) is 11.6 Å². The van der Waals surface area contributed by atoms with Crippen LogP contribution in [-0.4, -0.2) is 26.7 Å². The summed E-state index contributed by atoms with van der Waals surface area (Å²) in [7, 11) is 0. The molecule has 0 aliphatic rings. The average Bonchev–Trinajstić information content (AvgIpc) is 2.29. The quantitative estimate of drug-likeness (QED) is 0.572. The van der Waals surface area contributed by atoms with Gasteiger partial charge in [0.15, 0.2) is 11.7 Å². The zero-order chi connectivity index (χ0) is 14.6. The van der Waals surface area contributed by atoms with Crippen LogP contribution in [0.4, 0.5) is 5.69 Å². The third-order valence-electron chi connectivity index (χ3n) is 2.20. The molecule has 0 aliphatic carbocycles. The molecule has 102 valence electrons. The highest BCUT2D eigenvalue weighted by Crippen LogP contribution is 2.23. The lowest BCUT2D eigenvalue weighted by Crippen LogP contribution is -2.37. The standard InChI is InChI=1S/C8H7ClN4O6/c9-7-2-1-6(8(5-7)11(14)15)3-4-10(12(16)17)13(18)19/h1-2,5H,3-4H2. The molecule has 0 amide bonds. The molecule has 0 heterocycles. The van der Waals surface area contributed by atoms with Gasteiger partial charge in [-0.05, 0) is 6.07 Å². The zero-order valence-electron chi connectivity index (χ0n) is 9.26. The molecule has 0 saturated heterocycles. The number of hydrogen-bond acceptors (Lipinski definition) is 6. The van der Waals surface area contributed by atoms with Gasteiger partial charge in [-0.2, -0.15) is 0 Å². The Bertz CT molecular complexity index is 522. The Hall–Kier alpha value is -2.49. The minimum Gasteiger partial charge on any atom is -0.258 e. The highest BCUT2D eigenvalue weighted by Gasteiger charge is 2.27. The van der Waals surface area contributed by atoms with Crippen molar-refractivity contribution in [3.63, 3.8) is 0 Å². The van der Waals surface area contributed by atoms with E-state index in [9.17, 15) is 30.3 Å². The fraction of sp³-hybridized carbons (Fsp3) is 0.250. The van der Waals surface area contributed by atoms with E-state index in [1.54, 1.807) is 0 Å². The lowest BCUT2D eigenvalue weighted by Gasteiger charge is -2.05. The normalized spacial score (nSPS) is 9.95. The van der Waals surface area contributed by atoms with Crippen LogP contribution in [0.1, 0.15) is 5.56 Å². The molecule has 0 saturated carbocycles. The van der Waals surface area contributed by atoms with Crippen molar-refractivity contribution in [1.29, 1.82) is 0 Å². The molecular weight excluding hydrogens is 284 g/mol. The molecular formula is C8H7ClN4O6. The number of hydrogen-bond donors (Lipinski definition) is 0. The number of rotatable bonds is 6. The van der Waals surface area contributed by atoms with Crippen LogP contribution in [-0.2, 0) is 6.42 Å². The van der Waals surface area contributed by atoms with E-state index >= 15 is 0 Å². The maximum absolute atomic E-state index is 10.8. The van der Waals surface area contributed by atoms with E-state index in [-0.39, 0.29) is 27.8 Å². The first-order chi connectivity index (χ1) is 8.82. The average molecular weight is 291 g/mol. The lowest BCUT2D eigenvalue weighted by atomic mass is 10.1. The van der Waals surface area contributed by atoms with Crippen LogP contribution in [0.15, 0.2) is 18.2 Å². The van der Waals surface area contributed by atoms with Gasteiger partial charge in [-0.25, -0.2) is 20.2 Å².